The van der Waals surface area contributed by atoms with Gasteiger partial charge in [0.1, 0.15) is 11.8 Å². The van der Waals surface area contributed by atoms with Crippen LogP contribution in [-0.4, -0.2) is 8.42 Å². The minimum Gasteiger partial charge on any atom is -0.467 e. The molecular weight excluding hydrogens is 420 g/mol. The number of nitrogens with zero attached hydrogens (tertiary/aromatic N) is 1. The quantitative estimate of drug-likeness (QED) is 0.518. The number of hydrogen-bond acceptors (Lipinski definition) is 4. The Balaban J connectivity index is 1.79. The van der Waals surface area contributed by atoms with Gasteiger partial charge in [0.2, 0.25) is 0 Å². The van der Waals surface area contributed by atoms with Gasteiger partial charge < -0.3 is 9.73 Å². The van der Waals surface area contributed by atoms with Gasteiger partial charge in [0.15, 0.2) is 0 Å². The fourth-order valence-electron chi connectivity index (χ4n) is 4.62. The molecule has 1 aliphatic carbocycles. The Labute approximate surface area is 189 Å². The molecule has 0 saturated heterocycles. The minimum atomic E-state index is -3.91. The highest BCUT2D eigenvalue weighted by molar-refractivity contribution is 7.92. The summed E-state index contributed by atoms with van der Waals surface area (Å²) in [5, 5.41) is 3.53. The van der Waals surface area contributed by atoms with E-state index in [1.807, 2.05) is 42.5 Å². The number of rotatable bonds is 4. The van der Waals surface area contributed by atoms with Crippen LogP contribution in [0.2, 0.25) is 0 Å². The second-order valence-electron chi connectivity index (χ2n) is 8.21. The molecule has 32 heavy (non-hydrogen) atoms. The van der Waals surface area contributed by atoms with E-state index in [1.165, 1.54) is 4.31 Å². The van der Waals surface area contributed by atoms with Crippen LogP contribution in [0.3, 0.4) is 0 Å². The average molecular weight is 447 g/mol. The predicted molar refractivity (Wildman–Crippen MR) is 127 cm³/mol. The number of hydrogen-bond donors (Lipinski definition) is 1. The molecule has 0 radical (unpaired) electrons. The Morgan fingerprint density at radius 2 is 1.84 bits per heavy atom. The fraction of sp³-hybridized carbons (Fsp3) is 0.231. The zero-order valence-corrected chi connectivity index (χ0v) is 18.9. The average Bonchev–Trinajstić information content (AvgIpc) is 3.28. The molecule has 5 nitrogen and oxygen atoms in total. The molecule has 0 fully saturated rings. The van der Waals surface area contributed by atoms with Crippen LogP contribution in [0.5, 0.6) is 0 Å². The molecule has 1 aliphatic heterocycles. The summed E-state index contributed by atoms with van der Waals surface area (Å²) in [7, 11) is -3.91. The van der Waals surface area contributed by atoms with Gasteiger partial charge >= 0.3 is 0 Å². The van der Waals surface area contributed by atoms with E-state index in [4.69, 9.17) is 4.42 Å². The lowest BCUT2D eigenvalue weighted by molar-refractivity contribution is 0.481. The van der Waals surface area contributed by atoms with E-state index in [1.54, 1.807) is 24.5 Å². The molecule has 2 aliphatic rings. The lowest BCUT2D eigenvalue weighted by atomic mass is 9.86. The molecule has 164 valence electrons. The number of fused-ring (bicyclic) bond motifs is 1. The van der Waals surface area contributed by atoms with Crippen LogP contribution in [0.15, 0.2) is 99.7 Å². The molecular formula is C26H26N2O3S. The third kappa shape index (κ3) is 3.35. The highest BCUT2D eigenvalue weighted by Gasteiger charge is 2.42. The number of anilines is 2. The van der Waals surface area contributed by atoms with Crippen LogP contribution >= 0.6 is 0 Å². The maximum atomic E-state index is 14.2. The van der Waals surface area contributed by atoms with E-state index in [0.717, 1.165) is 53.8 Å². The number of furan rings is 1. The van der Waals surface area contributed by atoms with E-state index >= 15 is 0 Å². The number of benzene rings is 2. The number of aryl methyl sites for hydroxylation is 1. The molecule has 2 aromatic carbocycles. The zero-order chi connectivity index (χ0) is 22.3. The first-order valence-corrected chi connectivity index (χ1v) is 12.4. The molecule has 6 heteroatoms. The van der Waals surface area contributed by atoms with Gasteiger partial charge in [-0.05, 0) is 73.2 Å². The van der Waals surface area contributed by atoms with E-state index in [0.29, 0.717) is 11.4 Å². The van der Waals surface area contributed by atoms with Crippen molar-refractivity contribution in [1.29, 1.82) is 0 Å². The molecule has 0 bridgehead atoms. The van der Waals surface area contributed by atoms with Crippen LogP contribution in [-0.2, 0) is 16.4 Å². The van der Waals surface area contributed by atoms with Crippen molar-refractivity contribution in [3.05, 3.63) is 102 Å². The van der Waals surface area contributed by atoms with E-state index in [9.17, 15) is 8.42 Å². The second kappa shape index (κ2) is 8.02. The third-order valence-corrected chi connectivity index (χ3v) is 8.04. The van der Waals surface area contributed by atoms with Crippen molar-refractivity contribution in [2.75, 3.05) is 9.62 Å². The van der Waals surface area contributed by atoms with Crippen LogP contribution < -0.4 is 9.62 Å². The van der Waals surface area contributed by atoms with Gasteiger partial charge in [-0.3, -0.25) is 0 Å². The summed E-state index contributed by atoms with van der Waals surface area (Å²) in [6.07, 6.45) is 5.07. The monoisotopic (exact) mass is 446 g/mol. The smallest absolute Gasteiger partial charge is 0.265 e. The van der Waals surface area contributed by atoms with Gasteiger partial charge in [0.25, 0.3) is 10.0 Å². The van der Waals surface area contributed by atoms with Crippen molar-refractivity contribution in [2.24, 2.45) is 0 Å². The van der Waals surface area contributed by atoms with Gasteiger partial charge in [0, 0.05) is 11.3 Å². The Morgan fingerprint density at radius 1 is 1.06 bits per heavy atom. The fourth-order valence-corrected chi connectivity index (χ4v) is 6.24. The lowest BCUT2D eigenvalue weighted by Gasteiger charge is -2.34. The van der Waals surface area contributed by atoms with Crippen molar-refractivity contribution < 1.29 is 12.8 Å². The summed E-state index contributed by atoms with van der Waals surface area (Å²) in [5.41, 5.74) is 5.29. The number of para-hydroxylation sites is 2. The Hall–Kier alpha value is -3.25. The Kier molecular flexibility index (Phi) is 5.18. The molecule has 0 saturated carbocycles. The zero-order valence-electron chi connectivity index (χ0n) is 18.0. The van der Waals surface area contributed by atoms with Gasteiger partial charge in [-0.15, -0.1) is 0 Å². The predicted octanol–water partition coefficient (Wildman–Crippen LogP) is 6.20. The number of allylic oxidation sites excluding steroid dienone is 1. The Bertz CT molecular complexity index is 1290. The van der Waals surface area contributed by atoms with Crippen molar-refractivity contribution in [3.8, 4) is 0 Å². The summed E-state index contributed by atoms with van der Waals surface area (Å²) >= 11 is 0. The van der Waals surface area contributed by atoms with Gasteiger partial charge in [-0.25, -0.2) is 12.7 Å². The molecule has 1 unspecified atom stereocenters. The molecule has 5 rings (SSSR count). The first-order chi connectivity index (χ1) is 15.5. The second-order valence-corrected chi connectivity index (χ2v) is 10.0. The highest BCUT2D eigenvalue weighted by Crippen LogP contribution is 2.49. The molecule has 1 N–H and O–H groups in total. The number of nitrogens with one attached hydrogen (secondary N) is 1. The largest absolute Gasteiger partial charge is 0.467 e. The standard InChI is InChI=1S/C26H26N2O3S/c1-3-19-13-15-20(16-14-19)32(29,30)28-23-11-5-4-9-21(23)27-22-10-6-8-18(2)25(22)26(28)24-12-7-17-31-24/h4-5,7,9,11-17,26-27H,2-3,6,8,10H2,1H3. The summed E-state index contributed by atoms with van der Waals surface area (Å²) < 4.78 is 35.7. The van der Waals surface area contributed by atoms with Crippen molar-refractivity contribution >= 4 is 21.4 Å². The van der Waals surface area contributed by atoms with E-state index in [2.05, 4.69) is 18.8 Å². The molecule has 0 amide bonds. The molecule has 0 spiro atoms. The van der Waals surface area contributed by atoms with E-state index < -0.39 is 16.1 Å². The van der Waals surface area contributed by atoms with Gasteiger partial charge in [-0.1, -0.05) is 37.8 Å². The van der Waals surface area contributed by atoms with Crippen LogP contribution in [0.25, 0.3) is 0 Å². The summed E-state index contributed by atoms with van der Waals surface area (Å²) in [5.74, 6) is 0.577. The molecule has 2 heterocycles. The van der Waals surface area contributed by atoms with Crippen molar-refractivity contribution in [1.82, 2.24) is 0 Å². The van der Waals surface area contributed by atoms with E-state index in [-0.39, 0.29) is 4.90 Å². The van der Waals surface area contributed by atoms with Crippen LogP contribution in [0.4, 0.5) is 11.4 Å². The third-order valence-electron chi connectivity index (χ3n) is 6.25. The first kappa shape index (κ1) is 20.6. The van der Waals surface area contributed by atoms with Gasteiger partial charge in [-0.2, -0.15) is 0 Å². The Morgan fingerprint density at radius 3 is 2.56 bits per heavy atom. The van der Waals surface area contributed by atoms with Gasteiger partial charge in [0.05, 0.1) is 22.5 Å². The SMILES string of the molecule is C=C1CCCC2=C1C(c1ccco1)N(S(=O)(=O)c1ccc(CC)cc1)c1ccccc1N2. The lowest BCUT2D eigenvalue weighted by Crippen LogP contribution is -2.36. The maximum Gasteiger partial charge on any atom is 0.265 e. The topological polar surface area (TPSA) is 62.6 Å². The molecule has 3 aromatic rings. The summed E-state index contributed by atoms with van der Waals surface area (Å²) in [6, 6.07) is 17.7. The van der Waals surface area contributed by atoms with Crippen LogP contribution in [0, 0.1) is 0 Å². The first-order valence-electron chi connectivity index (χ1n) is 10.9. The van der Waals surface area contributed by atoms with Crippen molar-refractivity contribution in [3.63, 3.8) is 0 Å². The normalized spacial score (nSPS) is 18.6. The summed E-state index contributed by atoms with van der Waals surface area (Å²) in [6.45, 7) is 6.37. The number of sulfonamides is 1. The van der Waals surface area contributed by atoms with Crippen molar-refractivity contribution in [2.45, 2.75) is 43.5 Å². The molecule has 1 aromatic heterocycles. The molecule has 1 atom stereocenters. The summed E-state index contributed by atoms with van der Waals surface area (Å²) in [4.78, 5) is 0.256. The minimum absolute atomic E-state index is 0.256. The highest BCUT2D eigenvalue weighted by atomic mass is 32.2. The van der Waals surface area contributed by atoms with Crippen LogP contribution in [0.1, 0.15) is 43.6 Å². The maximum absolute atomic E-state index is 14.2.